The van der Waals surface area contributed by atoms with Crippen molar-refractivity contribution in [2.75, 3.05) is 6.26 Å². The van der Waals surface area contributed by atoms with Gasteiger partial charge >= 0.3 is 0 Å². The second kappa shape index (κ2) is 11.3. The Morgan fingerprint density at radius 1 is 0.600 bits per heavy atom. The second-order valence-electron chi connectivity index (χ2n) is 10.1. The lowest BCUT2D eigenvalue weighted by Crippen LogP contribution is -2.29. The first-order chi connectivity index (χ1) is 12.1. The van der Waals surface area contributed by atoms with E-state index in [1.54, 1.807) is 70.5 Å². The summed E-state index contributed by atoms with van der Waals surface area (Å²) in [6.07, 6.45) is 21.9. The smallest absolute Gasteiger partial charge is 0.0215 e. The van der Waals surface area contributed by atoms with Gasteiger partial charge in [0.2, 0.25) is 0 Å². The Balaban J connectivity index is 0.00000109. The third kappa shape index (κ3) is 6.78. The van der Waals surface area contributed by atoms with Crippen LogP contribution in [-0.2, 0) is 0 Å². The molecule has 0 saturated heterocycles. The van der Waals surface area contributed by atoms with Gasteiger partial charge in [-0.25, -0.2) is 0 Å². The molecule has 3 fully saturated rings. The molecule has 0 heterocycles. The molecule has 148 valence electrons. The molecule has 1 heteroatoms. The average molecular weight is 367 g/mol. The molecule has 0 nitrogen and oxygen atoms in total. The van der Waals surface area contributed by atoms with Crippen LogP contribution in [0.1, 0.15) is 104 Å². The van der Waals surface area contributed by atoms with Crippen molar-refractivity contribution in [3.05, 3.63) is 0 Å². The highest BCUT2D eigenvalue weighted by atomic mass is 32.1. The molecule has 3 aliphatic rings. The largest absolute Gasteiger partial charge is 0.183 e. The topological polar surface area (TPSA) is 0 Å². The average Bonchev–Trinajstić information content (AvgIpc) is 2.64. The lowest BCUT2D eigenvalue weighted by molar-refractivity contribution is 0.103. The Morgan fingerprint density at radius 3 is 1.28 bits per heavy atom. The lowest BCUT2D eigenvalue weighted by Gasteiger charge is -2.41. The summed E-state index contributed by atoms with van der Waals surface area (Å²) in [6.45, 7) is 7.27. The van der Waals surface area contributed by atoms with Gasteiger partial charge in [0.1, 0.15) is 0 Å². The summed E-state index contributed by atoms with van der Waals surface area (Å²) in [5.41, 5.74) is 0. The first kappa shape index (κ1) is 21.6. The Hall–Kier alpha value is 0.350. The van der Waals surface area contributed by atoms with Gasteiger partial charge in [0.05, 0.1) is 0 Å². The van der Waals surface area contributed by atoms with Crippen LogP contribution in [-0.4, -0.2) is 6.26 Å². The Kier molecular flexibility index (Phi) is 9.74. The minimum Gasteiger partial charge on any atom is -0.183 e. The fraction of sp³-hybridized carbons (Fsp3) is 1.00. The number of hydrogen-bond donors (Lipinski definition) is 1. The summed E-state index contributed by atoms with van der Waals surface area (Å²) in [7, 11) is 0. The maximum atomic E-state index is 3.53. The minimum absolute atomic E-state index is 0.908. The standard InChI is InChI=1S/C23H42.CH4S/c1-17(2)16-19-6-10-21(11-7-19)23-14-12-22(13-15-23)20-8-4-18(3)5-9-20;1-2/h17-23H,4-16H2,1-3H3;2H,1H3. The van der Waals surface area contributed by atoms with Crippen molar-refractivity contribution in [1.82, 2.24) is 0 Å². The van der Waals surface area contributed by atoms with Crippen molar-refractivity contribution in [3.63, 3.8) is 0 Å². The number of thiol groups is 1. The SMILES string of the molecule is CC(C)CC1CCC(C2CCC(C3CCC(C)CC3)CC2)CC1.CS. The van der Waals surface area contributed by atoms with Crippen molar-refractivity contribution in [3.8, 4) is 0 Å². The molecule has 0 aliphatic heterocycles. The van der Waals surface area contributed by atoms with E-state index in [1.165, 1.54) is 19.3 Å². The normalized spacial score (nSPS) is 39.6. The van der Waals surface area contributed by atoms with Gasteiger partial charge in [-0.1, -0.05) is 46.5 Å². The highest BCUT2D eigenvalue weighted by Gasteiger charge is 2.34. The van der Waals surface area contributed by atoms with Gasteiger partial charge in [0.25, 0.3) is 0 Å². The molecule has 0 atom stereocenters. The van der Waals surface area contributed by atoms with Gasteiger partial charge in [-0.15, -0.1) is 0 Å². The highest BCUT2D eigenvalue weighted by molar-refractivity contribution is 7.79. The number of hydrogen-bond acceptors (Lipinski definition) is 1. The van der Waals surface area contributed by atoms with Crippen molar-refractivity contribution in [2.45, 2.75) is 104 Å². The van der Waals surface area contributed by atoms with Crippen LogP contribution in [0.3, 0.4) is 0 Å². The Morgan fingerprint density at radius 2 is 0.920 bits per heavy atom. The van der Waals surface area contributed by atoms with Gasteiger partial charge < -0.3 is 0 Å². The zero-order valence-electron chi connectivity index (χ0n) is 17.7. The van der Waals surface area contributed by atoms with Crippen LogP contribution in [0.15, 0.2) is 0 Å². The van der Waals surface area contributed by atoms with Crippen LogP contribution in [0, 0.1) is 41.4 Å². The maximum Gasteiger partial charge on any atom is -0.0215 e. The Labute approximate surface area is 164 Å². The molecule has 0 aromatic heterocycles. The molecule has 0 aromatic rings. The molecular formula is C24H46S. The molecule has 0 spiro atoms. The van der Waals surface area contributed by atoms with Gasteiger partial charge in [0, 0.05) is 0 Å². The van der Waals surface area contributed by atoms with Crippen LogP contribution in [0.25, 0.3) is 0 Å². The van der Waals surface area contributed by atoms with E-state index in [4.69, 9.17) is 0 Å². The van der Waals surface area contributed by atoms with Crippen LogP contribution < -0.4 is 0 Å². The summed E-state index contributed by atoms with van der Waals surface area (Å²) in [5, 5.41) is 0. The summed E-state index contributed by atoms with van der Waals surface area (Å²) >= 11 is 3.53. The van der Waals surface area contributed by atoms with Gasteiger partial charge in [-0.3, -0.25) is 0 Å². The van der Waals surface area contributed by atoms with E-state index >= 15 is 0 Å². The minimum atomic E-state index is 0.908. The molecule has 0 N–H and O–H groups in total. The van der Waals surface area contributed by atoms with Gasteiger partial charge in [-0.05, 0) is 105 Å². The number of rotatable bonds is 4. The van der Waals surface area contributed by atoms with E-state index in [9.17, 15) is 0 Å². The summed E-state index contributed by atoms with van der Waals surface area (Å²) in [5.74, 6) is 7.41. The van der Waals surface area contributed by atoms with Crippen LogP contribution in [0.2, 0.25) is 0 Å². The summed E-state index contributed by atoms with van der Waals surface area (Å²) in [4.78, 5) is 0. The van der Waals surface area contributed by atoms with E-state index in [0.29, 0.717) is 0 Å². The third-order valence-electron chi connectivity index (χ3n) is 7.91. The first-order valence-corrected chi connectivity index (χ1v) is 12.5. The van der Waals surface area contributed by atoms with Crippen molar-refractivity contribution in [1.29, 1.82) is 0 Å². The molecule has 3 rings (SSSR count). The molecule has 3 saturated carbocycles. The molecule has 0 bridgehead atoms. The lowest BCUT2D eigenvalue weighted by atomic mass is 9.65. The molecular weight excluding hydrogens is 320 g/mol. The second-order valence-corrected chi connectivity index (χ2v) is 10.1. The fourth-order valence-corrected chi connectivity index (χ4v) is 6.41. The van der Waals surface area contributed by atoms with Crippen molar-refractivity contribution >= 4 is 12.6 Å². The predicted molar refractivity (Wildman–Crippen MR) is 116 cm³/mol. The first-order valence-electron chi connectivity index (χ1n) is 11.6. The van der Waals surface area contributed by atoms with E-state index in [2.05, 4.69) is 33.4 Å². The highest BCUT2D eigenvalue weighted by Crippen LogP contribution is 2.46. The molecule has 0 radical (unpaired) electrons. The maximum absolute atomic E-state index is 3.53. The summed E-state index contributed by atoms with van der Waals surface area (Å²) in [6, 6.07) is 0. The predicted octanol–water partition coefficient (Wildman–Crippen LogP) is 8.02. The van der Waals surface area contributed by atoms with E-state index < -0.39 is 0 Å². The molecule has 3 aliphatic carbocycles. The monoisotopic (exact) mass is 366 g/mol. The zero-order valence-corrected chi connectivity index (χ0v) is 18.6. The van der Waals surface area contributed by atoms with Crippen molar-refractivity contribution < 1.29 is 0 Å². The van der Waals surface area contributed by atoms with E-state index in [0.717, 1.165) is 41.4 Å². The fourth-order valence-electron chi connectivity index (χ4n) is 6.41. The van der Waals surface area contributed by atoms with E-state index in [-0.39, 0.29) is 0 Å². The van der Waals surface area contributed by atoms with Gasteiger partial charge in [-0.2, -0.15) is 12.6 Å². The molecule has 0 unspecified atom stereocenters. The quantitative estimate of drug-likeness (QED) is 0.478. The Bertz CT molecular complexity index is 326. The third-order valence-corrected chi connectivity index (χ3v) is 7.91. The molecule has 0 amide bonds. The zero-order chi connectivity index (χ0) is 18.2. The summed E-state index contributed by atoms with van der Waals surface area (Å²) < 4.78 is 0. The van der Waals surface area contributed by atoms with Crippen molar-refractivity contribution in [2.24, 2.45) is 41.4 Å². The van der Waals surface area contributed by atoms with E-state index in [1.807, 2.05) is 0 Å². The molecule has 0 aromatic carbocycles. The van der Waals surface area contributed by atoms with Crippen LogP contribution >= 0.6 is 12.6 Å². The van der Waals surface area contributed by atoms with Gasteiger partial charge in [0.15, 0.2) is 0 Å². The van der Waals surface area contributed by atoms with Crippen LogP contribution in [0.4, 0.5) is 0 Å². The molecule has 25 heavy (non-hydrogen) atoms. The van der Waals surface area contributed by atoms with Crippen LogP contribution in [0.5, 0.6) is 0 Å².